The van der Waals surface area contributed by atoms with Crippen LogP contribution in [0.4, 0.5) is 13.2 Å². The fourth-order valence-electron chi connectivity index (χ4n) is 1.59. The number of alkyl halides is 3. The lowest BCUT2D eigenvalue weighted by molar-refractivity contribution is -0.274. The van der Waals surface area contributed by atoms with Gasteiger partial charge >= 0.3 is 6.36 Å². The van der Waals surface area contributed by atoms with Gasteiger partial charge in [-0.25, -0.2) is 0 Å². The van der Waals surface area contributed by atoms with Crippen LogP contribution in [0.15, 0.2) is 24.3 Å². The summed E-state index contributed by atoms with van der Waals surface area (Å²) < 4.78 is 39.6. The standard InChI is InChI=1S/C12H16F3NO2/c1-3-16-8(2)11(17)9-4-6-10(7-5-9)18-12(13,14)15/h4-8,11,16-17H,3H2,1-2H3. The Labute approximate surface area is 104 Å². The van der Waals surface area contributed by atoms with Crippen molar-refractivity contribution in [2.24, 2.45) is 0 Å². The van der Waals surface area contributed by atoms with Gasteiger partial charge in [0.15, 0.2) is 0 Å². The minimum atomic E-state index is -4.70. The third-order valence-electron chi connectivity index (χ3n) is 2.45. The normalized spacial score (nSPS) is 15.2. The highest BCUT2D eigenvalue weighted by atomic mass is 19.4. The quantitative estimate of drug-likeness (QED) is 0.858. The Morgan fingerprint density at radius 2 is 1.83 bits per heavy atom. The monoisotopic (exact) mass is 263 g/mol. The first-order chi connectivity index (χ1) is 8.33. The molecule has 0 heterocycles. The van der Waals surface area contributed by atoms with Crippen LogP contribution in [0.25, 0.3) is 0 Å². The Morgan fingerprint density at radius 3 is 2.28 bits per heavy atom. The first kappa shape index (κ1) is 14.8. The molecule has 102 valence electrons. The Hall–Kier alpha value is -1.27. The van der Waals surface area contributed by atoms with Crippen LogP contribution in [0.3, 0.4) is 0 Å². The van der Waals surface area contributed by atoms with Crippen LogP contribution in [0.2, 0.25) is 0 Å². The average Bonchev–Trinajstić information content (AvgIpc) is 2.27. The summed E-state index contributed by atoms with van der Waals surface area (Å²) in [6, 6.07) is 5.03. The van der Waals surface area contributed by atoms with Crippen molar-refractivity contribution in [1.82, 2.24) is 5.32 Å². The highest BCUT2D eigenvalue weighted by Gasteiger charge is 2.31. The van der Waals surface area contributed by atoms with E-state index in [1.165, 1.54) is 24.3 Å². The molecule has 2 unspecified atom stereocenters. The molecule has 0 radical (unpaired) electrons. The smallest absolute Gasteiger partial charge is 0.406 e. The topological polar surface area (TPSA) is 41.5 Å². The zero-order chi connectivity index (χ0) is 13.8. The lowest BCUT2D eigenvalue weighted by Gasteiger charge is -2.20. The molecule has 0 amide bonds. The van der Waals surface area contributed by atoms with Crippen LogP contribution >= 0.6 is 0 Å². The van der Waals surface area contributed by atoms with Crippen molar-refractivity contribution in [2.45, 2.75) is 32.4 Å². The van der Waals surface area contributed by atoms with Gasteiger partial charge in [-0.2, -0.15) is 0 Å². The summed E-state index contributed by atoms with van der Waals surface area (Å²) in [6.07, 6.45) is -5.47. The van der Waals surface area contributed by atoms with Crippen molar-refractivity contribution < 1.29 is 23.0 Å². The average molecular weight is 263 g/mol. The molecule has 1 rings (SSSR count). The van der Waals surface area contributed by atoms with Crippen LogP contribution in [0, 0.1) is 0 Å². The largest absolute Gasteiger partial charge is 0.573 e. The highest BCUT2D eigenvalue weighted by molar-refractivity contribution is 5.29. The van der Waals surface area contributed by atoms with Gasteiger partial charge in [-0.3, -0.25) is 0 Å². The molecule has 0 fully saturated rings. The molecule has 3 nitrogen and oxygen atoms in total. The molecular formula is C12H16F3NO2. The lowest BCUT2D eigenvalue weighted by Crippen LogP contribution is -2.31. The Balaban J connectivity index is 2.70. The van der Waals surface area contributed by atoms with Gasteiger partial charge in [-0.05, 0) is 31.2 Å². The van der Waals surface area contributed by atoms with E-state index in [9.17, 15) is 18.3 Å². The zero-order valence-corrected chi connectivity index (χ0v) is 10.2. The summed E-state index contributed by atoms with van der Waals surface area (Å²) in [7, 11) is 0. The summed E-state index contributed by atoms with van der Waals surface area (Å²) in [5.41, 5.74) is 0.540. The molecule has 0 saturated heterocycles. The van der Waals surface area contributed by atoms with Crippen LogP contribution in [0.5, 0.6) is 5.75 Å². The van der Waals surface area contributed by atoms with Crippen LogP contribution in [-0.2, 0) is 0 Å². The van der Waals surface area contributed by atoms with Crippen molar-refractivity contribution >= 4 is 0 Å². The van der Waals surface area contributed by atoms with E-state index in [1.807, 2.05) is 6.92 Å². The predicted octanol–water partition coefficient (Wildman–Crippen LogP) is 2.62. The molecule has 1 aromatic rings. The van der Waals surface area contributed by atoms with Crippen molar-refractivity contribution in [1.29, 1.82) is 0 Å². The highest BCUT2D eigenvalue weighted by Crippen LogP contribution is 2.25. The van der Waals surface area contributed by atoms with E-state index in [-0.39, 0.29) is 11.8 Å². The molecule has 0 aliphatic rings. The summed E-state index contributed by atoms with van der Waals surface area (Å²) in [4.78, 5) is 0. The second kappa shape index (κ2) is 6.06. The van der Waals surface area contributed by atoms with Crippen molar-refractivity contribution in [2.75, 3.05) is 6.54 Å². The summed E-state index contributed by atoms with van der Waals surface area (Å²) in [5, 5.41) is 13.0. The van der Waals surface area contributed by atoms with E-state index in [0.29, 0.717) is 12.1 Å². The number of aliphatic hydroxyl groups excluding tert-OH is 1. The number of halogens is 3. The number of ether oxygens (including phenoxy) is 1. The molecule has 0 aliphatic carbocycles. The molecule has 0 aromatic heterocycles. The van der Waals surface area contributed by atoms with Gasteiger partial charge in [-0.15, -0.1) is 13.2 Å². The molecule has 18 heavy (non-hydrogen) atoms. The molecule has 0 spiro atoms. The van der Waals surface area contributed by atoms with Crippen molar-refractivity contribution in [3.05, 3.63) is 29.8 Å². The van der Waals surface area contributed by atoms with Gasteiger partial charge in [0.2, 0.25) is 0 Å². The van der Waals surface area contributed by atoms with Gasteiger partial charge in [0, 0.05) is 6.04 Å². The Morgan fingerprint density at radius 1 is 1.28 bits per heavy atom. The minimum Gasteiger partial charge on any atom is -0.406 e. The Bertz CT molecular complexity index is 365. The van der Waals surface area contributed by atoms with Gasteiger partial charge < -0.3 is 15.2 Å². The molecule has 0 aliphatic heterocycles. The molecule has 2 N–H and O–H groups in total. The van der Waals surface area contributed by atoms with Gasteiger partial charge in [-0.1, -0.05) is 19.1 Å². The SMILES string of the molecule is CCNC(C)C(O)c1ccc(OC(F)(F)F)cc1. The van der Waals surface area contributed by atoms with E-state index in [4.69, 9.17) is 0 Å². The molecular weight excluding hydrogens is 247 g/mol. The number of aliphatic hydroxyl groups is 1. The van der Waals surface area contributed by atoms with Crippen LogP contribution in [0.1, 0.15) is 25.5 Å². The number of rotatable bonds is 5. The zero-order valence-electron chi connectivity index (χ0n) is 10.2. The van der Waals surface area contributed by atoms with Gasteiger partial charge in [0.05, 0.1) is 6.10 Å². The summed E-state index contributed by atoms with van der Waals surface area (Å²) >= 11 is 0. The number of benzene rings is 1. The van der Waals surface area contributed by atoms with Crippen LogP contribution in [-0.4, -0.2) is 24.1 Å². The molecule has 0 saturated carbocycles. The second-order valence-corrected chi connectivity index (χ2v) is 3.91. The van der Waals surface area contributed by atoms with E-state index in [1.54, 1.807) is 6.92 Å². The van der Waals surface area contributed by atoms with E-state index < -0.39 is 12.5 Å². The molecule has 6 heteroatoms. The third-order valence-corrected chi connectivity index (χ3v) is 2.45. The maximum atomic E-state index is 11.9. The van der Waals surface area contributed by atoms with E-state index >= 15 is 0 Å². The summed E-state index contributed by atoms with van der Waals surface area (Å²) in [6.45, 7) is 4.41. The Kier molecular flexibility index (Phi) is 4.98. The van der Waals surface area contributed by atoms with Crippen molar-refractivity contribution in [3.8, 4) is 5.75 Å². The number of hydrogen-bond acceptors (Lipinski definition) is 3. The number of nitrogens with one attached hydrogen (secondary N) is 1. The fourth-order valence-corrected chi connectivity index (χ4v) is 1.59. The van der Waals surface area contributed by atoms with E-state index in [2.05, 4.69) is 10.1 Å². The molecule has 0 bridgehead atoms. The first-order valence-corrected chi connectivity index (χ1v) is 5.60. The molecule has 1 aromatic carbocycles. The fraction of sp³-hybridized carbons (Fsp3) is 0.500. The first-order valence-electron chi connectivity index (χ1n) is 5.60. The van der Waals surface area contributed by atoms with E-state index in [0.717, 1.165) is 0 Å². The lowest BCUT2D eigenvalue weighted by atomic mass is 10.0. The van der Waals surface area contributed by atoms with Gasteiger partial charge in [0.1, 0.15) is 5.75 Å². The third kappa shape index (κ3) is 4.54. The van der Waals surface area contributed by atoms with Crippen molar-refractivity contribution in [3.63, 3.8) is 0 Å². The number of hydrogen-bond donors (Lipinski definition) is 2. The van der Waals surface area contributed by atoms with Crippen LogP contribution < -0.4 is 10.1 Å². The summed E-state index contributed by atoms with van der Waals surface area (Å²) in [5.74, 6) is -0.297. The molecule has 2 atom stereocenters. The minimum absolute atomic E-state index is 0.176. The van der Waals surface area contributed by atoms with Gasteiger partial charge in [0.25, 0.3) is 0 Å². The maximum absolute atomic E-state index is 11.9. The second-order valence-electron chi connectivity index (χ2n) is 3.91. The number of likely N-dealkylation sites (N-methyl/N-ethyl adjacent to an activating group) is 1. The predicted molar refractivity (Wildman–Crippen MR) is 61.2 cm³/mol. The maximum Gasteiger partial charge on any atom is 0.573 e.